The van der Waals surface area contributed by atoms with Crippen LogP contribution in [0.4, 0.5) is 0 Å². The van der Waals surface area contributed by atoms with Crippen molar-refractivity contribution in [2.45, 2.75) is 6.54 Å². The predicted molar refractivity (Wildman–Crippen MR) is 78.8 cm³/mol. The number of aromatic nitrogens is 2. The fourth-order valence-corrected chi connectivity index (χ4v) is 2.40. The molecule has 6 nitrogen and oxygen atoms in total. The normalized spacial score (nSPS) is 10.7. The van der Waals surface area contributed by atoms with Gasteiger partial charge in [-0.3, -0.25) is 9.78 Å². The number of nitrogens with one attached hydrogen (secondary N) is 1. The van der Waals surface area contributed by atoms with Crippen LogP contribution in [0.5, 0.6) is 5.75 Å². The van der Waals surface area contributed by atoms with E-state index in [2.05, 4.69) is 31.2 Å². The maximum absolute atomic E-state index is 12.1. The second-order valence-corrected chi connectivity index (χ2v) is 5.01. The highest BCUT2D eigenvalue weighted by Gasteiger charge is 2.19. The summed E-state index contributed by atoms with van der Waals surface area (Å²) in [4.78, 5) is 20.3. The largest absolute Gasteiger partial charge is 0.504 e. The van der Waals surface area contributed by atoms with Gasteiger partial charge in [0, 0.05) is 11.6 Å². The van der Waals surface area contributed by atoms with E-state index < -0.39 is 5.91 Å². The number of carbonyl (C=O) groups excluding carboxylic acids is 1. The molecule has 0 aliphatic carbocycles. The molecule has 7 heteroatoms. The molecule has 3 aromatic rings. The van der Waals surface area contributed by atoms with E-state index in [1.165, 1.54) is 6.26 Å². The average molecular weight is 348 g/mol. The molecule has 0 aromatic carbocycles. The molecule has 0 saturated heterocycles. The zero-order valence-electron chi connectivity index (χ0n) is 10.7. The number of halogens is 1. The molecule has 0 aliphatic heterocycles. The topological polar surface area (TPSA) is 88.3 Å². The molecule has 3 aromatic heterocycles. The van der Waals surface area contributed by atoms with E-state index in [4.69, 9.17) is 4.42 Å². The predicted octanol–water partition coefficient (Wildman–Crippen LogP) is 2.62. The summed E-state index contributed by atoms with van der Waals surface area (Å²) in [7, 11) is 0. The van der Waals surface area contributed by atoms with E-state index >= 15 is 0 Å². The second-order valence-electron chi connectivity index (χ2n) is 4.26. The first-order valence-electron chi connectivity index (χ1n) is 6.10. The molecule has 0 atom stereocenters. The van der Waals surface area contributed by atoms with Gasteiger partial charge in [0.2, 0.25) is 0 Å². The van der Waals surface area contributed by atoms with Crippen molar-refractivity contribution in [3.8, 4) is 5.75 Å². The molecule has 0 unspecified atom stereocenters. The molecule has 3 rings (SSSR count). The van der Waals surface area contributed by atoms with Crippen LogP contribution in [0.2, 0.25) is 0 Å². The minimum Gasteiger partial charge on any atom is -0.504 e. The van der Waals surface area contributed by atoms with Gasteiger partial charge in [0.05, 0.1) is 12.8 Å². The molecular weight excluding hydrogens is 338 g/mol. The second kappa shape index (κ2) is 5.53. The van der Waals surface area contributed by atoms with Crippen LogP contribution in [0.3, 0.4) is 0 Å². The first-order chi connectivity index (χ1) is 10.2. The summed E-state index contributed by atoms with van der Waals surface area (Å²) < 4.78 is 5.58. The lowest BCUT2D eigenvalue weighted by Gasteiger charge is -2.08. The number of pyridine rings is 2. The first kappa shape index (κ1) is 13.6. The molecule has 0 radical (unpaired) electrons. The van der Waals surface area contributed by atoms with Crippen molar-refractivity contribution in [3.05, 3.63) is 52.8 Å². The fraction of sp³-hybridized carbons (Fsp3) is 0.0714. The first-order valence-corrected chi connectivity index (χ1v) is 6.90. The summed E-state index contributed by atoms with van der Waals surface area (Å²) in [5, 5.41) is 13.4. The molecular formula is C14H10BrN3O3. The van der Waals surface area contributed by atoms with Crippen LogP contribution in [0.15, 0.2) is 45.7 Å². The van der Waals surface area contributed by atoms with E-state index in [0.717, 1.165) is 0 Å². The number of hydrogen-bond acceptors (Lipinski definition) is 5. The van der Waals surface area contributed by atoms with Crippen molar-refractivity contribution < 1.29 is 14.3 Å². The zero-order chi connectivity index (χ0) is 14.8. The number of nitrogens with zero attached hydrogens (tertiary/aromatic N) is 2. The SMILES string of the molecule is O=C(NCc1ccco1)c1nc(Br)c2cccnc2c1O. The van der Waals surface area contributed by atoms with Crippen LogP contribution in [-0.2, 0) is 6.54 Å². The van der Waals surface area contributed by atoms with Crippen molar-refractivity contribution in [1.29, 1.82) is 0 Å². The Hall–Kier alpha value is -2.41. The van der Waals surface area contributed by atoms with Gasteiger partial charge in [-0.05, 0) is 40.2 Å². The van der Waals surface area contributed by atoms with Crippen LogP contribution < -0.4 is 5.32 Å². The number of hydrogen-bond donors (Lipinski definition) is 2. The average Bonchev–Trinajstić information content (AvgIpc) is 3.02. The molecule has 0 saturated carbocycles. The molecule has 21 heavy (non-hydrogen) atoms. The smallest absolute Gasteiger partial charge is 0.274 e. The van der Waals surface area contributed by atoms with E-state index in [1.807, 2.05) is 0 Å². The maximum atomic E-state index is 12.1. The van der Waals surface area contributed by atoms with Crippen molar-refractivity contribution in [1.82, 2.24) is 15.3 Å². The summed E-state index contributed by atoms with van der Waals surface area (Å²) in [5.74, 6) is -0.135. The van der Waals surface area contributed by atoms with Crippen LogP contribution in [0.25, 0.3) is 10.9 Å². The van der Waals surface area contributed by atoms with E-state index in [-0.39, 0.29) is 18.0 Å². The lowest BCUT2D eigenvalue weighted by molar-refractivity contribution is 0.0940. The number of aromatic hydroxyl groups is 1. The van der Waals surface area contributed by atoms with Crippen LogP contribution >= 0.6 is 15.9 Å². The Labute approximate surface area is 128 Å². The molecule has 106 valence electrons. The van der Waals surface area contributed by atoms with Gasteiger partial charge in [-0.25, -0.2) is 4.98 Å². The Morgan fingerprint density at radius 1 is 1.38 bits per heavy atom. The van der Waals surface area contributed by atoms with Crippen molar-refractivity contribution in [3.63, 3.8) is 0 Å². The van der Waals surface area contributed by atoms with Crippen molar-refractivity contribution in [2.75, 3.05) is 0 Å². The van der Waals surface area contributed by atoms with Crippen molar-refractivity contribution >= 4 is 32.7 Å². The van der Waals surface area contributed by atoms with Crippen LogP contribution in [0.1, 0.15) is 16.2 Å². The lowest BCUT2D eigenvalue weighted by atomic mass is 10.2. The Morgan fingerprint density at radius 3 is 3.00 bits per heavy atom. The highest BCUT2D eigenvalue weighted by atomic mass is 79.9. The van der Waals surface area contributed by atoms with Gasteiger partial charge >= 0.3 is 0 Å². The van der Waals surface area contributed by atoms with Crippen LogP contribution in [0, 0.1) is 0 Å². The quantitative estimate of drug-likeness (QED) is 0.711. The van der Waals surface area contributed by atoms with E-state index in [0.29, 0.717) is 21.3 Å². The van der Waals surface area contributed by atoms with Gasteiger partial charge in [0.25, 0.3) is 5.91 Å². The number of fused-ring (bicyclic) bond motifs is 1. The summed E-state index contributed by atoms with van der Waals surface area (Å²) in [5.41, 5.74) is 0.238. The molecule has 3 heterocycles. The Bertz CT molecular complexity index is 803. The Balaban J connectivity index is 1.92. The number of furan rings is 1. The third kappa shape index (κ3) is 2.59. The summed E-state index contributed by atoms with van der Waals surface area (Å²) in [6.07, 6.45) is 3.06. The zero-order valence-corrected chi connectivity index (χ0v) is 12.3. The fourth-order valence-electron chi connectivity index (χ4n) is 1.91. The number of rotatable bonds is 3. The molecule has 0 fully saturated rings. The third-order valence-corrected chi connectivity index (χ3v) is 3.51. The van der Waals surface area contributed by atoms with Gasteiger partial charge in [-0.15, -0.1) is 0 Å². The van der Waals surface area contributed by atoms with Gasteiger partial charge in [-0.2, -0.15) is 0 Å². The maximum Gasteiger partial charge on any atom is 0.274 e. The Morgan fingerprint density at radius 2 is 2.24 bits per heavy atom. The number of carbonyl (C=O) groups is 1. The Kier molecular flexibility index (Phi) is 3.57. The molecule has 2 N–H and O–H groups in total. The van der Waals surface area contributed by atoms with E-state index in [9.17, 15) is 9.90 Å². The standard InChI is InChI=1S/C14H10BrN3O3/c15-13-9-4-1-5-16-10(9)12(19)11(18-13)14(20)17-7-8-3-2-6-21-8/h1-6,19H,7H2,(H,17,20). The highest BCUT2D eigenvalue weighted by molar-refractivity contribution is 9.10. The number of amides is 1. The monoisotopic (exact) mass is 347 g/mol. The lowest BCUT2D eigenvalue weighted by Crippen LogP contribution is -2.24. The molecule has 0 spiro atoms. The van der Waals surface area contributed by atoms with E-state index in [1.54, 1.807) is 30.5 Å². The van der Waals surface area contributed by atoms with Gasteiger partial charge in [0.15, 0.2) is 11.4 Å². The molecule has 0 bridgehead atoms. The van der Waals surface area contributed by atoms with Crippen LogP contribution in [-0.4, -0.2) is 21.0 Å². The minimum absolute atomic E-state index is 0.0837. The summed E-state index contributed by atoms with van der Waals surface area (Å²) in [6, 6.07) is 6.95. The van der Waals surface area contributed by atoms with Gasteiger partial charge in [0.1, 0.15) is 15.9 Å². The van der Waals surface area contributed by atoms with Gasteiger partial charge < -0.3 is 14.8 Å². The minimum atomic E-state index is -0.503. The third-order valence-electron chi connectivity index (χ3n) is 2.91. The molecule has 0 aliphatic rings. The molecule has 1 amide bonds. The summed E-state index contributed by atoms with van der Waals surface area (Å²) >= 11 is 3.28. The summed E-state index contributed by atoms with van der Waals surface area (Å²) in [6.45, 7) is 0.213. The van der Waals surface area contributed by atoms with Gasteiger partial charge in [-0.1, -0.05) is 0 Å². The highest BCUT2D eigenvalue weighted by Crippen LogP contribution is 2.30. The van der Waals surface area contributed by atoms with Crippen molar-refractivity contribution in [2.24, 2.45) is 0 Å².